The number of allylic oxidation sites excluding steroid dienone is 8. The molecular formula is C29H23IO2. The Bertz CT molecular complexity index is 1150. The summed E-state index contributed by atoms with van der Waals surface area (Å²) in [6.07, 6.45) is 13.7. The predicted molar refractivity (Wildman–Crippen MR) is 139 cm³/mol. The van der Waals surface area contributed by atoms with E-state index in [9.17, 15) is 10.2 Å². The topological polar surface area (TPSA) is 40.5 Å². The van der Waals surface area contributed by atoms with Crippen molar-refractivity contribution < 1.29 is 10.2 Å². The summed E-state index contributed by atoms with van der Waals surface area (Å²) in [5.41, 5.74) is 5.93. The van der Waals surface area contributed by atoms with E-state index in [0.29, 0.717) is 0 Å². The largest absolute Gasteiger partial charge is 0.508 e. The van der Waals surface area contributed by atoms with Crippen molar-refractivity contribution >= 4 is 33.7 Å². The highest BCUT2D eigenvalue weighted by molar-refractivity contribution is 14.1. The maximum atomic E-state index is 9.62. The van der Waals surface area contributed by atoms with Crippen LogP contribution in [-0.2, 0) is 0 Å². The molecule has 0 saturated heterocycles. The van der Waals surface area contributed by atoms with E-state index < -0.39 is 0 Å². The zero-order valence-corrected chi connectivity index (χ0v) is 19.6. The molecule has 2 N–H and O–H groups in total. The number of phenolic OH excluding ortho intramolecular Hbond substituents is 2. The number of benzene rings is 3. The SMILES string of the molecule is Oc1ccc(C2=CC(C(c3ccc(I)cc3)C3C=CC(c4ccc(O)cc4)=C3)C=C2)cc1. The summed E-state index contributed by atoms with van der Waals surface area (Å²) in [4.78, 5) is 0. The van der Waals surface area contributed by atoms with Crippen molar-refractivity contribution in [3.63, 3.8) is 0 Å². The van der Waals surface area contributed by atoms with Gasteiger partial charge in [-0.2, -0.15) is 0 Å². The number of hydrogen-bond acceptors (Lipinski definition) is 2. The standard InChI is InChI=1S/C29H23IO2/c30-26-11-5-21(6-12-26)29(24-3-1-22(17-24)19-7-13-27(31)14-8-19)25-4-2-23(18-25)20-9-15-28(32)16-10-20/h1-18,24-25,29,31-32H. The highest BCUT2D eigenvalue weighted by Gasteiger charge is 2.30. The first-order valence-electron chi connectivity index (χ1n) is 10.7. The Balaban J connectivity index is 1.49. The first-order valence-corrected chi connectivity index (χ1v) is 11.8. The molecule has 32 heavy (non-hydrogen) atoms. The Hall–Kier alpha value is -3.05. The molecule has 0 aromatic heterocycles. The van der Waals surface area contributed by atoms with E-state index in [0.717, 1.165) is 11.1 Å². The van der Waals surface area contributed by atoms with Crippen molar-refractivity contribution in [1.82, 2.24) is 0 Å². The Morgan fingerprint density at radius 1 is 0.594 bits per heavy atom. The van der Waals surface area contributed by atoms with Crippen molar-refractivity contribution in [2.24, 2.45) is 11.8 Å². The van der Waals surface area contributed by atoms with Gasteiger partial charge in [0.15, 0.2) is 0 Å². The van der Waals surface area contributed by atoms with Crippen LogP contribution in [0.3, 0.4) is 0 Å². The molecule has 2 aliphatic carbocycles. The molecule has 0 bridgehead atoms. The van der Waals surface area contributed by atoms with E-state index in [1.807, 2.05) is 24.3 Å². The molecule has 3 aromatic rings. The second-order valence-electron chi connectivity index (χ2n) is 8.29. The van der Waals surface area contributed by atoms with E-state index >= 15 is 0 Å². The van der Waals surface area contributed by atoms with Crippen LogP contribution in [0.15, 0.2) is 109 Å². The molecule has 2 aliphatic rings. The fourth-order valence-electron chi connectivity index (χ4n) is 4.59. The Morgan fingerprint density at radius 3 is 1.47 bits per heavy atom. The van der Waals surface area contributed by atoms with Crippen LogP contribution in [0.25, 0.3) is 11.1 Å². The van der Waals surface area contributed by atoms with Gasteiger partial charge in [-0.15, -0.1) is 0 Å². The van der Waals surface area contributed by atoms with E-state index in [1.165, 1.54) is 20.3 Å². The second-order valence-corrected chi connectivity index (χ2v) is 9.53. The molecule has 2 nitrogen and oxygen atoms in total. The Morgan fingerprint density at radius 2 is 1.03 bits per heavy atom. The minimum Gasteiger partial charge on any atom is -0.508 e. The van der Waals surface area contributed by atoms with Gasteiger partial charge in [0.1, 0.15) is 11.5 Å². The van der Waals surface area contributed by atoms with Gasteiger partial charge in [0.05, 0.1) is 0 Å². The lowest BCUT2D eigenvalue weighted by molar-refractivity contribution is 0.474. The minimum atomic E-state index is 0.268. The van der Waals surface area contributed by atoms with E-state index in [1.54, 1.807) is 24.3 Å². The first kappa shape index (κ1) is 20.8. The molecule has 158 valence electrons. The van der Waals surface area contributed by atoms with Gasteiger partial charge < -0.3 is 10.2 Å². The van der Waals surface area contributed by atoms with Crippen LogP contribution >= 0.6 is 22.6 Å². The minimum absolute atomic E-state index is 0.268. The van der Waals surface area contributed by atoms with Crippen molar-refractivity contribution in [1.29, 1.82) is 0 Å². The fourth-order valence-corrected chi connectivity index (χ4v) is 4.95. The summed E-state index contributed by atoms with van der Waals surface area (Å²) in [6, 6.07) is 23.6. The molecule has 0 amide bonds. The highest BCUT2D eigenvalue weighted by atomic mass is 127. The maximum absolute atomic E-state index is 9.62. The van der Waals surface area contributed by atoms with Gasteiger partial charge in [0.2, 0.25) is 0 Å². The summed E-state index contributed by atoms with van der Waals surface area (Å²) in [5, 5.41) is 19.2. The summed E-state index contributed by atoms with van der Waals surface area (Å²) < 4.78 is 1.23. The van der Waals surface area contributed by atoms with Crippen LogP contribution in [0.4, 0.5) is 0 Å². The molecule has 5 rings (SSSR count). The average molecular weight is 530 g/mol. The van der Waals surface area contributed by atoms with Crippen LogP contribution in [-0.4, -0.2) is 10.2 Å². The zero-order chi connectivity index (χ0) is 22.1. The predicted octanol–water partition coefficient (Wildman–Crippen LogP) is 7.33. The number of rotatable bonds is 5. The first-order chi connectivity index (χ1) is 15.6. The molecule has 3 heteroatoms. The average Bonchev–Trinajstić information content (AvgIpc) is 3.47. The van der Waals surface area contributed by atoms with Crippen LogP contribution in [0.1, 0.15) is 22.6 Å². The number of hydrogen-bond donors (Lipinski definition) is 2. The lowest BCUT2D eigenvalue weighted by Crippen LogP contribution is -2.15. The molecule has 0 saturated carbocycles. The van der Waals surface area contributed by atoms with Gasteiger partial charge in [-0.1, -0.05) is 72.9 Å². The third-order valence-corrected chi connectivity index (χ3v) is 6.94. The smallest absolute Gasteiger partial charge is 0.115 e. The van der Waals surface area contributed by atoms with Crippen molar-refractivity contribution in [3.05, 3.63) is 130 Å². The molecule has 3 aromatic carbocycles. The fraction of sp³-hybridized carbons (Fsp3) is 0.103. The second kappa shape index (κ2) is 8.83. The maximum Gasteiger partial charge on any atom is 0.115 e. The lowest BCUT2D eigenvalue weighted by atomic mass is 9.77. The molecule has 2 atom stereocenters. The van der Waals surface area contributed by atoms with Crippen LogP contribution in [0, 0.1) is 15.4 Å². The highest BCUT2D eigenvalue weighted by Crippen LogP contribution is 2.43. The molecule has 0 radical (unpaired) electrons. The number of phenols is 2. The Kier molecular flexibility index (Phi) is 5.75. The van der Waals surface area contributed by atoms with Crippen molar-refractivity contribution in [2.75, 3.05) is 0 Å². The summed E-state index contributed by atoms with van der Waals surface area (Å²) >= 11 is 2.35. The summed E-state index contributed by atoms with van der Waals surface area (Å²) in [6.45, 7) is 0. The van der Waals surface area contributed by atoms with Crippen molar-refractivity contribution in [3.8, 4) is 11.5 Å². The Labute approximate surface area is 202 Å². The zero-order valence-electron chi connectivity index (χ0n) is 17.4. The molecule has 0 aliphatic heterocycles. The van der Waals surface area contributed by atoms with Crippen LogP contribution < -0.4 is 0 Å². The molecule has 0 spiro atoms. The van der Waals surface area contributed by atoms with Crippen molar-refractivity contribution in [2.45, 2.75) is 5.92 Å². The van der Waals surface area contributed by atoms with Gasteiger partial charge >= 0.3 is 0 Å². The normalized spacial score (nSPS) is 20.3. The van der Waals surface area contributed by atoms with Gasteiger partial charge in [-0.3, -0.25) is 0 Å². The molecule has 0 heterocycles. The van der Waals surface area contributed by atoms with Gasteiger partial charge in [0.25, 0.3) is 0 Å². The third kappa shape index (κ3) is 4.30. The van der Waals surface area contributed by atoms with E-state index in [2.05, 4.69) is 83.3 Å². The van der Waals surface area contributed by atoms with Gasteiger partial charge in [-0.05, 0) is 86.8 Å². The number of aromatic hydroxyl groups is 2. The third-order valence-electron chi connectivity index (χ3n) is 6.23. The monoisotopic (exact) mass is 530 g/mol. The molecule has 0 fully saturated rings. The van der Waals surface area contributed by atoms with Crippen LogP contribution in [0.2, 0.25) is 0 Å². The van der Waals surface area contributed by atoms with Gasteiger partial charge in [-0.25, -0.2) is 0 Å². The van der Waals surface area contributed by atoms with Crippen LogP contribution in [0.5, 0.6) is 11.5 Å². The summed E-state index contributed by atoms with van der Waals surface area (Å²) in [5.74, 6) is 1.39. The lowest BCUT2D eigenvalue weighted by Gasteiger charge is -2.26. The molecule has 2 unspecified atom stereocenters. The summed E-state index contributed by atoms with van der Waals surface area (Å²) in [7, 11) is 0. The molecular weight excluding hydrogens is 507 g/mol. The van der Waals surface area contributed by atoms with Gasteiger partial charge in [0, 0.05) is 21.3 Å². The van der Waals surface area contributed by atoms with E-state index in [-0.39, 0.29) is 29.3 Å². The quantitative estimate of drug-likeness (QED) is 0.340. The van der Waals surface area contributed by atoms with E-state index in [4.69, 9.17) is 0 Å². The number of halogens is 1.